The molecule has 0 unspecified atom stereocenters. The Morgan fingerprint density at radius 1 is 1.03 bits per heavy atom. The summed E-state index contributed by atoms with van der Waals surface area (Å²) in [6.07, 6.45) is 6.62. The molecule has 1 N–H and O–H groups in total. The van der Waals surface area contributed by atoms with Gasteiger partial charge in [0, 0.05) is 18.0 Å². The Hall–Kier alpha value is -3.91. The lowest BCUT2D eigenvalue weighted by molar-refractivity contribution is 0.101. The molecule has 160 valence electrons. The normalized spacial score (nSPS) is 11.2. The van der Waals surface area contributed by atoms with Gasteiger partial charge in [0.15, 0.2) is 5.69 Å². The number of benzene rings is 2. The van der Waals surface area contributed by atoms with Crippen molar-refractivity contribution in [2.45, 2.75) is 20.0 Å². The molecular weight excluding hydrogens is 428 g/mol. The van der Waals surface area contributed by atoms with E-state index >= 15 is 0 Å². The van der Waals surface area contributed by atoms with Crippen molar-refractivity contribution in [1.29, 1.82) is 0 Å². The first-order valence-corrected chi connectivity index (χ1v) is 10.4. The minimum Gasteiger partial charge on any atom is -0.361 e. The molecule has 0 saturated heterocycles. The third-order valence-electron chi connectivity index (χ3n) is 5.22. The van der Waals surface area contributed by atoms with Crippen molar-refractivity contribution in [3.8, 4) is 0 Å². The van der Waals surface area contributed by atoms with Crippen LogP contribution in [0, 0.1) is 6.92 Å². The van der Waals surface area contributed by atoms with E-state index in [1.54, 1.807) is 34.9 Å². The van der Waals surface area contributed by atoms with Gasteiger partial charge in [-0.15, -0.1) is 0 Å². The second-order valence-corrected chi connectivity index (χ2v) is 7.88. The van der Waals surface area contributed by atoms with Crippen LogP contribution in [0.2, 0.25) is 5.02 Å². The summed E-state index contributed by atoms with van der Waals surface area (Å²) in [7, 11) is 0. The number of hydrogen-bond acceptors (Lipinski definition) is 5. The number of carbonyl (C=O) groups is 1. The van der Waals surface area contributed by atoms with Gasteiger partial charge < -0.3 is 9.84 Å². The molecule has 5 rings (SSSR count). The highest BCUT2D eigenvalue weighted by molar-refractivity contribution is 6.30. The second kappa shape index (κ2) is 8.32. The van der Waals surface area contributed by atoms with E-state index in [0.717, 1.165) is 5.56 Å². The molecule has 1 amide bonds. The number of hydrogen-bond donors (Lipinski definition) is 1. The van der Waals surface area contributed by atoms with E-state index in [1.165, 1.54) is 17.0 Å². The van der Waals surface area contributed by atoms with Crippen LogP contribution in [-0.4, -0.2) is 30.6 Å². The summed E-state index contributed by atoms with van der Waals surface area (Å²) in [5, 5.41) is 18.2. The molecule has 0 fully saturated rings. The van der Waals surface area contributed by atoms with Gasteiger partial charge >= 0.3 is 0 Å². The van der Waals surface area contributed by atoms with Crippen molar-refractivity contribution in [2.24, 2.45) is 0 Å². The van der Waals surface area contributed by atoms with Crippen LogP contribution in [0.3, 0.4) is 0 Å². The molecule has 0 aliphatic rings. The van der Waals surface area contributed by atoms with Crippen LogP contribution in [0.4, 0.5) is 5.69 Å². The smallest absolute Gasteiger partial charge is 0.278 e. The Balaban J connectivity index is 1.32. The maximum atomic E-state index is 12.9. The molecule has 3 aromatic heterocycles. The standard InChI is InChI=1S/C23H19ClN6O2/c1-15-21(14-30-12-18(24)9-25-30)22(28-32-15)23(31)27-19-10-26-29(13-19)11-17-7-4-6-16-5-2-3-8-20(16)17/h2-10,12-13H,11,14H2,1H3,(H,27,31). The first-order chi connectivity index (χ1) is 15.6. The zero-order valence-corrected chi connectivity index (χ0v) is 18.0. The maximum Gasteiger partial charge on any atom is 0.278 e. The molecule has 0 atom stereocenters. The van der Waals surface area contributed by atoms with Crippen LogP contribution in [-0.2, 0) is 13.1 Å². The number of aromatic nitrogens is 5. The molecule has 8 nitrogen and oxygen atoms in total. The van der Waals surface area contributed by atoms with E-state index in [1.807, 2.05) is 18.2 Å². The van der Waals surface area contributed by atoms with Crippen LogP contribution < -0.4 is 5.32 Å². The molecule has 0 aliphatic carbocycles. The molecule has 9 heteroatoms. The predicted octanol–water partition coefficient (Wildman–Crippen LogP) is 4.53. The lowest BCUT2D eigenvalue weighted by Gasteiger charge is -2.06. The minimum atomic E-state index is -0.375. The largest absolute Gasteiger partial charge is 0.361 e. The van der Waals surface area contributed by atoms with Gasteiger partial charge in [-0.1, -0.05) is 59.2 Å². The van der Waals surface area contributed by atoms with Crippen LogP contribution in [0.1, 0.15) is 27.4 Å². The first-order valence-electron chi connectivity index (χ1n) is 10.0. The zero-order chi connectivity index (χ0) is 22.1. The molecule has 0 saturated carbocycles. The van der Waals surface area contributed by atoms with E-state index in [0.29, 0.717) is 35.1 Å². The van der Waals surface area contributed by atoms with E-state index in [2.05, 4.69) is 44.9 Å². The van der Waals surface area contributed by atoms with Gasteiger partial charge in [-0.05, 0) is 23.3 Å². The quantitative estimate of drug-likeness (QED) is 0.413. The molecule has 0 radical (unpaired) electrons. The average molecular weight is 447 g/mol. The molecular formula is C23H19ClN6O2. The number of rotatable bonds is 6. The number of aryl methyl sites for hydroxylation is 1. The topological polar surface area (TPSA) is 90.8 Å². The summed E-state index contributed by atoms with van der Waals surface area (Å²) in [5.41, 5.74) is 2.57. The van der Waals surface area contributed by atoms with E-state index in [4.69, 9.17) is 16.1 Å². The second-order valence-electron chi connectivity index (χ2n) is 7.44. The Morgan fingerprint density at radius 2 is 1.81 bits per heavy atom. The zero-order valence-electron chi connectivity index (χ0n) is 17.2. The molecule has 2 aromatic carbocycles. The highest BCUT2D eigenvalue weighted by Crippen LogP contribution is 2.21. The van der Waals surface area contributed by atoms with Crippen molar-refractivity contribution < 1.29 is 9.32 Å². The molecule has 0 aliphatic heterocycles. The van der Waals surface area contributed by atoms with Crippen molar-refractivity contribution in [3.63, 3.8) is 0 Å². The van der Waals surface area contributed by atoms with Crippen LogP contribution in [0.15, 0.2) is 71.8 Å². The number of amides is 1. The summed E-state index contributed by atoms with van der Waals surface area (Å²) in [4.78, 5) is 12.9. The Bertz CT molecular complexity index is 1410. The fourth-order valence-corrected chi connectivity index (χ4v) is 3.81. The Kier molecular flexibility index (Phi) is 5.20. The number of carbonyl (C=O) groups excluding carboxylic acids is 1. The highest BCUT2D eigenvalue weighted by Gasteiger charge is 2.21. The number of nitrogens with one attached hydrogen (secondary N) is 1. The Labute approximate surface area is 188 Å². The van der Waals surface area contributed by atoms with Crippen LogP contribution in [0.5, 0.6) is 0 Å². The van der Waals surface area contributed by atoms with Gasteiger partial charge in [-0.25, -0.2) is 0 Å². The van der Waals surface area contributed by atoms with Crippen molar-refractivity contribution in [1.82, 2.24) is 24.7 Å². The van der Waals surface area contributed by atoms with E-state index < -0.39 is 0 Å². The summed E-state index contributed by atoms with van der Waals surface area (Å²) in [6.45, 7) is 2.67. The van der Waals surface area contributed by atoms with E-state index in [9.17, 15) is 4.79 Å². The summed E-state index contributed by atoms with van der Waals surface area (Å²) < 4.78 is 8.67. The monoisotopic (exact) mass is 446 g/mol. The van der Waals surface area contributed by atoms with Crippen molar-refractivity contribution >= 4 is 34.0 Å². The third-order valence-corrected chi connectivity index (χ3v) is 5.42. The van der Waals surface area contributed by atoms with Crippen LogP contribution >= 0.6 is 11.6 Å². The SMILES string of the molecule is Cc1onc(C(=O)Nc2cnn(Cc3cccc4ccccc34)c2)c1Cn1cc(Cl)cn1. The number of halogens is 1. The average Bonchev–Trinajstić information content (AvgIpc) is 3.50. The molecule has 0 spiro atoms. The fraction of sp³-hybridized carbons (Fsp3) is 0.130. The fourth-order valence-electron chi connectivity index (χ4n) is 3.65. The minimum absolute atomic E-state index is 0.205. The van der Waals surface area contributed by atoms with Gasteiger partial charge in [0.25, 0.3) is 5.91 Å². The van der Waals surface area contributed by atoms with E-state index in [-0.39, 0.29) is 11.6 Å². The van der Waals surface area contributed by atoms with Gasteiger partial charge in [-0.3, -0.25) is 14.2 Å². The third kappa shape index (κ3) is 4.00. The first kappa shape index (κ1) is 20.0. The number of fused-ring (bicyclic) bond motifs is 1. The van der Waals surface area contributed by atoms with Crippen LogP contribution in [0.25, 0.3) is 10.8 Å². The van der Waals surface area contributed by atoms with Crippen molar-refractivity contribution in [2.75, 3.05) is 5.32 Å². The van der Waals surface area contributed by atoms with Gasteiger partial charge in [0.2, 0.25) is 0 Å². The van der Waals surface area contributed by atoms with Gasteiger partial charge in [-0.2, -0.15) is 10.2 Å². The lowest BCUT2D eigenvalue weighted by atomic mass is 10.0. The maximum absolute atomic E-state index is 12.9. The number of anilines is 1. The van der Waals surface area contributed by atoms with Gasteiger partial charge in [0.05, 0.1) is 36.2 Å². The summed E-state index contributed by atoms with van der Waals surface area (Å²) in [5.74, 6) is 0.174. The molecule has 3 heterocycles. The van der Waals surface area contributed by atoms with Gasteiger partial charge in [0.1, 0.15) is 5.76 Å². The number of nitrogens with zero attached hydrogens (tertiary/aromatic N) is 5. The molecule has 0 bridgehead atoms. The Morgan fingerprint density at radius 3 is 2.66 bits per heavy atom. The molecule has 32 heavy (non-hydrogen) atoms. The summed E-state index contributed by atoms with van der Waals surface area (Å²) >= 11 is 5.93. The lowest BCUT2D eigenvalue weighted by Crippen LogP contribution is -2.15. The highest BCUT2D eigenvalue weighted by atomic mass is 35.5. The summed E-state index contributed by atoms with van der Waals surface area (Å²) in [6, 6.07) is 14.4. The van der Waals surface area contributed by atoms with Crippen molar-refractivity contribution in [3.05, 3.63) is 94.9 Å². The predicted molar refractivity (Wildman–Crippen MR) is 121 cm³/mol. The molecule has 5 aromatic rings.